The highest BCUT2D eigenvalue weighted by Gasteiger charge is 2.20. The maximum atomic E-state index is 12.7. The van der Waals surface area contributed by atoms with Crippen LogP contribution in [-0.4, -0.2) is 51.2 Å². The van der Waals surface area contributed by atoms with E-state index in [9.17, 15) is 8.42 Å². The number of hydrogen-bond acceptors (Lipinski definition) is 7. The maximum absolute atomic E-state index is 12.7. The molecular formula is C22H25N5O3S. The zero-order valence-electron chi connectivity index (χ0n) is 17.3. The molecular weight excluding hydrogens is 414 g/mol. The predicted molar refractivity (Wildman–Crippen MR) is 121 cm³/mol. The summed E-state index contributed by atoms with van der Waals surface area (Å²) in [7, 11) is -3.76. The number of para-hydroxylation sites is 1. The van der Waals surface area contributed by atoms with Crippen LogP contribution in [0.2, 0.25) is 0 Å². The standard InChI is InChI=1S/C22H25N5O3S/c1-2-30-19-8-10-20(11-9-19)31(28,29)25-21-16-22(24-17-23-21)27-14-12-26(13-15-27)18-6-4-3-5-7-18/h3-11,16-17H,2,12-15H2,1H3,(H,23,24,25). The Bertz CT molecular complexity index is 1100. The molecule has 0 radical (unpaired) electrons. The molecule has 162 valence electrons. The number of sulfonamides is 1. The monoisotopic (exact) mass is 439 g/mol. The molecule has 0 unspecified atom stereocenters. The molecule has 1 aromatic heterocycles. The fourth-order valence-corrected chi connectivity index (χ4v) is 4.49. The lowest BCUT2D eigenvalue weighted by atomic mass is 10.2. The van der Waals surface area contributed by atoms with Crippen molar-refractivity contribution in [3.05, 3.63) is 67.0 Å². The molecule has 1 aliphatic heterocycles. The Morgan fingerprint density at radius 1 is 0.935 bits per heavy atom. The van der Waals surface area contributed by atoms with Crippen molar-refractivity contribution in [2.75, 3.05) is 47.3 Å². The van der Waals surface area contributed by atoms with E-state index >= 15 is 0 Å². The normalized spacial score (nSPS) is 14.4. The van der Waals surface area contributed by atoms with Gasteiger partial charge in [-0.05, 0) is 43.3 Å². The summed E-state index contributed by atoms with van der Waals surface area (Å²) in [5, 5.41) is 0. The molecule has 9 heteroatoms. The van der Waals surface area contributed by atoms with Crippen LogP contribution in [0.3, 0.4) is 0 Å². The van der Waals surface area contributed by atoms with Crippen molar-refractivity contribution in [3.63, 3.8) is 0 Å². The van der Waals surface area contributed by atoms with E-state index in [-0.39, 0.29) is 10.7 Å². The number of nitrogens with zero attached hydrogens (tertiary/aromatic N) is 4. The summed E-state index contributed by atoms with van der Waals surface area (Å²) < 4.78 is 33.4. The smallest absolute Gasteiger partial charge is 0.263 e. The van der Waals surface area contributed by atoms with Gasteiger partial charge in [0.25, 0.3) is 10.0 Å². The van der Waals surface area contributed by atoms with Gasteiger partial charge in [0.05, 0.1) is 11.5 Å². The third-order valence-electron chi connectivity index (χ3n) is 5.06. The Morgan fingerprint density at radius 2 is 1.61 bits per heavy atom. The summed E-state index contributed by atoms with van der Waals surface area (Å²) >= 11 is 0. The van der Waals surface area contributed by atoms with Crippen LogP contribution in [0.15, 0.2) is 71.9 Å². The van der Waals surface area contributed by atoms with E-state index in [1.807, 2.05) is 25.1 Å². The summed E-state index contributed by atoms with van der Waals surface area (Å²) in [6.07, 6.45) is 1.38. The van der Waals surface area contributed by atoms with E-state index in [4.69, 9.17) is 4.74 Å². The minimum atomic E-state index is -3.76. The van der Waals surface area contributed by atoms with E-state index in [0.29, 0.717) is 18.2 Å². The Hall–Kier alpha value is -3.33. The second kappa shape index (κ2) is 9.22. The topological polar surface area (TPSA) is 87.7 Å². The summed E-state index contributed by atoms with van der Waals surface area (Å²) in [5.74, 6) is 1.57. The number of rotatable bonds is 7. The SMILES string of the molecule is CCOc1ccc(S(=O)(=O)Nc2cc(N3CCN(c4ccccc4)CC3)ncn2)cc1. The molecule has 1 N–H and O–H groups in total. The maximum Gasteiger partial charge on any atom is 0.263 e. The van der Waals surface area contributed by atoms with Crippen LogP contribution in [-0.2, 0) is 10.0 Å². The molecule has 2 heterocycles. The Labute approximate surface area is 182 Å². The zero-order valence-corrected chi connectivity index (χ0v) is 18.1. The number of hydrogen-bond donors (Lipinski definition) is 1. The van der Waals surface area contributed by atoms with Gasteiger partial charge < -0.3 is 14.5 Å². The van der Waals surface area contributed by atoms with Gasteiger partial charge in [-0.25, -0.2) is 18.4 Å². The van der Waals surface area contributed by atoms with E-state index in [1.54, 1.807) is 18.2 Å². The molecule has 2 aromatic carbocycles. The third-order valence-corrected chi connectivity index (χ3v) is 6.43. The fourth-order valence-electron chi connectivity index (χ4n) is 3.49. The van der Waals surface area contributed by atoms with Crippen molar-refractivity contribution >= 4 is 27.3 Å². The van der Waals surface area contributed by atoms with Crippen molar-refractivity contribution in [1.29, 1.82) is 0 Å². The second-order valence-electron chi connectivity index (χ2n) is 7.08. The molecule has 0 amide bonds. The Morgan fingerprint density at radius 3 is 2.29 bits per heavy atom. The highest BCUT2D eigenvalue weighted by Crippen LogP contribution is 2.22. The van der Waals surface area contributed by atoms with E-state index < -0.39 is 10.0 Å². The first-order valence-corrected chi connectivity index (χ1v) is 11.7. The molecule has 0 spiro atoms. The van der Waals surface area contributed by atoms with E-state index in [1.165, 1.54) is 24.1 Å². The number of aromatic nitrogens is 2. The van der Waals surface area contributed by atoms with Gasteiger partial charge in [0.2, 0.25) is 0 Å². The molecule has 0 bridgehead atoms. The lowest BCUT2D eigenvalue weighted by Gasteiger charge is -2.36. The van der Waals surface area contributed by atoms with Gasteiger partial charge in [-0.3, -0.25) is 4.72 Å². The molecule has 0 aliphatic carbocycles. The fraction of sp³-hybridized carbons (Fsp3) is 0.273. The van der Waals surface area contributed by atoms with Gasteiger partial charge >= 0.3 is 0 Å². The number of nitrogens with one attached hydrogen (secondary N) is 1. The van der Waals surface area contributed by atoms with Crippen molar-refractivity contribution in [2.45, 2.75) is 11.8 Å². The first-order chi connectivity index (χ1) is 15.0. The van der Waals surface area contributed by atoms with Gasteiger partial charge in [0, 0.05) is 37.9 Å². The van der Waals surface area contributed by atoms with Gasteiger partial charge in [0.1, 0.15) is 23.7 Å². The van der Waals surface area contributed by atoms with Crippen LogP contribution < -0.4 is 19.3 Å². The predicted octanol–water partition coefficient (Wildman–Crippen LogP) is 3.00. The van der Waals surface area contributed by atoms with E-state index in [0.717, 1.165) is 26.2 Å². The average molecular weight is 440 g/mol. The molecule has 0 saturated carbocycles. The molecule has 8 nitrogen and oxygen atoms in total. The number of benzene rings is 2. The van der Waals surface area contributed by atoms with Crippen LogP contribution in [0.5, 0.6) is 5.75 Å². The molecule has 31 heavy (non-hydrogen) atoms. The molecule has 1 fully saturated rings. The minimum absolute atomic E-state index is 0.146. The highest BCUT2D eigenvalue weighted by atomic mass is 32.2. The quantitative estimate of drug-likeness (QED) is 0.605. The lowest BCUT2D eigenvalue weighted by molar-refractivity contribution is 0.340. The van der Waals surface area contributed by atoms with Crippen LogP contribution in [0.4, 0.5) is 17.3 Å². The van der Waals surface area contributed by atoms with E-state index in [2.05, 4.69) is 36.6 Å². The number of ether oxygens (including phenoxy) is 1. The molecule has 1 saturated heterocycles. The summed E-state index contributed by atoms with van der Waals surface area (Å²) in [5.41, 5.74) is 1.20. The van der Waals surface area contributed by atoms with Gasteiger partial charge in [-0.15, -0.1) is 0 Å². The van der Waals surface area contributed by atoms with Crippen LogP contribution >= 0.6 is 0 Å². The van der Waals surface area contributed by atoms with Crippen molar-refractivity contribution in [1.82, 2.24) is 9.97 Å². The van der Waals surface area contributed by atoms with Crippen molar-refractivity contribution in [2.24, 2.45) is 0 Å². The first-order valence-electron chi connectivity index (χ1n) is 10.2. The van der Waals surface area contributed by atoms with Crippen LogP contribution in [0.1, 0.15) is 6.92 Å². The molecule has 4 rings (SSSR count). The Balaban J connectivity index is 1.42. The van der Waals surface area contributed by atoms with Crippen LogP contribution in [0, 0.1) is 0 Å². The zero-order chi connectivity index (χ0) is 21.7. The highest BCUT2D eigenvalue weighted by molar-refractivity contribution is 7.92. The largest absolute Gasteiger partial charge is 0.494 e. The first kappa shape index (κ1) is 20.9. The molecule has 3 aromatic rings. The van der Waals surface area contributed by atoms with Gasteiger partial charge in [-0.1, -0.05) is 18.2 Å². The minimum Gasteiger partial charge on any atom is -0.494 e. The third kappa shape index (κ3) is 5.05. The van der Waals surface area contributed by atoms with Gasteiger partial charge in [0.15, 0.2) is 0 Å². The average Bonchev–Trinajstić information content (AvgIpc) is 2.80. The van der Waals surface area contributed by atoms with Crippen LogP contribution in [0.25, 0.3) is 0 Å². The number of anilines is 3. The van der Waals surface area contributed by atoms with Gasteiger partial charge in [-0.2, -0.15) is 0 Å². The second-order valence-corrected chi connectivity index (χ2v) is 8.76. The Kier molecular flexibility index (Phi) is 6.22. The summed E-state index contributed by atoms with van der Waals surface area (Å²) in [6.45, 7) is 5.70. The molecule has 0 atom stereocenters. The summed E-state index contributed by atoms with van der Waals surface area (Å²) in [4.78, 5) is 13.0. The van der Waals surface area contributed by atoms with Crippen molar-refractivity contribution in [3.8, 4) is 5.75 Å². The number of piperazine rings is 1. The van der Waals surface area contributed by atoms with Crippen molar-refractivity contribution < 1.29 is 13.2 Å². The summed E-state index contributed by atoms with van der Waals surface area (Å²) in [6, 6.07) is 18.3. The lowest BCUT2D eigenvalue weighted by Crippen LogP contribution is -2.46. The molecule has 1 aliphatic rings.